The van der Waals surface area contributed by atoms with Crippen LogP contribution in [0.15, 0.2) is 10.2 Å². The summed E-state index contributed by atoms with van der Waals surface area (Å²) in [6.45, 7) is 3.86. The number of carbonyl (C=O) groups excluding carboxylic acids is 1. The summed E-state index contributed by atoms with van der Waals surface area (Å²) in [5.74, 6) is 0.0280. The van der Waals surface area contributed by atoms with Gasteiger partial charge in [0.15, 0.2) is 0 Å². The van der Waals surface area contributed by atoms with Crippen LogP contribution in [-0.4, -0.2) is 27.7 Å². The van der Waals surface area contributed by atoms with Gasteiger partial charge in [-0.05, 0) is 32.6 Å². The highest BCUT2D eigenvalue weighted by Gasteiger charge is 2.34. The molecule has 0 saturated heterocycles. The second kappa shape index (κ2) is 6.10. The molecule has 1 aromatic rings. The fourth-order valence-corrected chi connectivity index (χ4v) is 3.50. The first-order valence-electron chi connectivity index (χ1n) is 7.04. The Morgan fingerprint density at radius 2 is 2.20 bits per heavy atom. The summed E-state index contributed by atoms with van der Waals surface area (Å²) in [5.41, 5.74) is -0.0708. The van der Waals surface area contributed by atoms with Gasteiger partial charge >= 0.3 is 4.87 Å². The van der Waals surface area contributed by atoms with E-state index in [-0.39, 0.29) is 29.8 Å². The number of hydrogen-bond acceptors (Lipinski definition) is 4. The van der Waals surface area contributed by atoms with E-state index in [4.69, 9.17) is 0 Å². The predicted octanol–water partition coefficient (Wildman–Crippen LogP) is 1.28. The number of aliphatic hydroxyl groups is 1. The Morgan fingerprint density at radius 3 is 2.75 bits per heavy atom. The summed E-state index contributed by atoms with van der Waals surface area (Å²) in [6.07, 6.45) is 4.34. The lowest BCUT2D eigenvalue weighted by Gasteiger charge is -2.30. The normalized spacial score (nSPS) is 18.9. The fraction of sp³-hybridized carbons (Fsp3) is 0.714. The van der Waals surface area contributed by atoms with Crippen LogP contribution >= 0.6 is 11.3 Å². The van der Waals surface area contributed by atoms with Crippen LogP contribution in [0.4, 0.5) is 0 Å². The van der Waals surface area contributed by atoms with E-state index < -0.39 is 5.60 Å². The summed E-state index contributed by atoms with van der Waals surface area (Å²) < 4.78 is 1.45. The lowest BCUT2D eigenvalue weighted by atomic mass is 9.88. The molecule has 2 N–H and O–H groups in total. The Kier molecular flexibility index (Phi) is 4.65. The van der Waals surface area contributed by atoms with E-state index in [0.29, 0.717) is 0 Å². The van der Waals surface area contributed by atoms with Gasteiger partial charge in [-0.3, -0.25) is 14.2 Å². The van der Waals surface area contributed by atoms with E-state index in [0.717, 1.165) is 42.7 Å². The molecule has 0 aromatic carbocycles. The Labute approximate surface area is 122 Å². The number of hydrogen-bond donors (Lipinski definition) is 2. The summed E-state index contributed by atoms with van der Waals surface area (Å²) in [5, 5.41) is 14.9. The smallest absolute Gasteiger partial charge is 0.307 e. The van der Waals surface area contributed by atoms with Crippen LogP contribution < -0.4 is 10.2 Å². The van der Waals surface area contributed by atoms with Gasteiger partial charge in [0, 0.05) is 17.6 Å². The van der Waals surface area contributed by atoms with Crippen LogP contribution in [0.1, 0.15) is 38.3 Å². The molecule has 1 heterocycles. The average Bonchev–Trinajstić information content (AvgIpc) is 3.02. The molecule has 6 heteroatoms. The van der Waals surface area contributed by atoms with Crippen LogP contribution in [0.5, 0.6) is 0 Å². The van der Waals surface area contributed by atoms with E-state index in [9.17, 15) is 14.7 Å². The minimum absolute atomic E-state index is 0.0227. The molecule has 5 nitrogen and oxygen atoms in total. The summed E-state index contributed by atoms with van der Waals surface area (Å²) in [6, 6.07) is 0. The fourth-order valence-electron chi connectivity index (χ4n) is 2.77. The maximum atomic E-state index is 11.9. The van der Waals surface area contributed by atoms with Crippen LogP contribution in [0, 0.1) is 12.8 Å². The zero-order valence-corrected chi connectivity index (χ0v) is 12.8. The Bertz CT molecular complexity index is 527. The molecule has 1 fully saturated rings. The molecule has 0 aliphatic heterocycles. The van der Waals surface area contributed by atoms with Crippen LogP contribution in [0.25, 0.3) is 0 Å². The van der Waals surface area contributed by atoms with Gasteiger partial charge in [-0.15, -0.1) is 0 Å². The largest absolute Gasteiger partial charge is 0.388 e. The molecule has 0 unspecified atom stereocenters. The molecular weight excluding hydrogens is 276 g/mol. The monoisotopic (exact) mass is 298 g/mol. The van der Waals surface area contributed by atoms with Crippen molar-refractivity contribution in [2.75, 3.05) is 6.54 Å². The van der Waals surface area contributed by atoms with Gasteiger partial charge in [0.25, 0.3) is 0 Å². The van der Waals surface area contributed by atoms with Crippen LogP contribution in [0.3, 0.4) is 0 Å². The van der Waals surface area contributed by atoms with Gasteiger partial charge in [0.1, 0.15) is 6.54 Å². The molecule has 0 radical (unpaired) electrons. The number of amides is 1. The van der Waals surface area contributed by atoms with E-state index >= 15 is 0 Å². The molecule has 1 aliphatic carbocycles. The molecule has 20 heavy (non-hydrogen) atoms. The van der Waals surface area contributed by atoms with E-state index in [1.807, 2.05) is 0 Å². The Balaban J connectivity index is 1.87. The first-order chi connectivity index (χ1) is 9.40. The van der Waals surface area contributed by atoms with E-state index in [2.05, 4.69) is 5.32 Å². The molecule has 1 saturated carbocycles. The summed E-state index contributed by atoms with van der Waals surface area (Å²) in [7, 11) is 0. The minimum Gasteiger partial charge on any atom is -0.388 e. The Hall–Kier alpha value is -1.14. The first-order valence-corrected chi connectivity index (χ1v) is 7.92. The van der Waals surface area contributed by atoms with E-state index in [1.54, 1.807) is 19.2 Å². The van der Waals surface area contributed by atoms with Crippen molar-refractivity contribution < 1.29 is 9.90 Å². The number of thiazole rings is 1. The molecule has 1 aromatic heterocycles. The van der Waals surface area contributed by atoms with Gasteiger partial charge in [0.05, 0.1) is 5.60 Å². The van der Waals surface area contributed by atoms with Crippen molar-refractivity contribution in [3.63, 3.8) is 0 Å². The van der Waals surface area contributed by atoms with Crippen LogP contribution in [-0.2, 0) is 11.3 Å². The first kappa shape index (κ1) is 15.3. The molecule has 1 atom stereocenters. The van der Waals surface area contributed by atoms with Gasteiger partial charge in [-0.1, -0.05) is 24.2 Å². The second-order valence-corrected chi connectivity index (χ2v) is 6.67. The van der Waals surface area contributed by atoms with E-state index in [1.165, 1.54) is 4.57 Å². The highest BCUT2D eigenvalue weighted by atomic mass is 32.1. The quantitative estimate of drug-likeness (QED) is 0.860. The van der Waals surface area contributed by atoms with Crippen molar-refractivity contribution in [1.82, 2.24) is 9.88 Å². The van der Waals surface area contributed by atoms with Crippen molar-refractivity contribution in [1.29, 1.82) is 0 Å². The zero-order valence-electron chi connectivity index (χ0n) is 12.0. The molecular formula is C14H22N2O3S. The third kappa shape index (κ3) is 3.49. The Morgan fingerprint density at radius 1 is 1.55 bits per heavy atom. The SMILES string of the molecule is Cc1csc(=O)n1CC(=O)NC[C@](C)(O)C1CCCC1. The van der Waals surface area contributed by atoms with Gasteiger partial charge in [0.2, 0.25) is 5.91 Å². The molecule has 2 rings (SSSR count). The molecule has 112 valence electrons. The topological polar surface area (TPSA) is 71.3 Å². The van der Waals surface area contributed by atoms with Gasteiger partial charge in [-0.2, -0.15) is 0 Å². The summed E-state index contributed by atoms with van der Waals surface area (Å²) in [4.78, 5) is 23.3. The maximum absolute atomic E-state index is 11.9. The van der Waals surface area contributed by atoms with Crippen molar-refractivity contribution in [3.05, 3.63) is 20.7 Å². The number of aryl methyl sites for hydroxylation is 1. The third-order valence-corrected chi connectivity index (χ3v) is 5.04. The molecule has 1 aliphatic rings. The van der Waals surface area contributed by atoms with Crippen molar-refractivity contribution in [2.45, 2.75) is 51.7 Å². The lowest BCUT2D eigenvalue weighted by Crippen LogP contribution is -2.46. The average molecular weight is 298 g/mol. The summed E-state index contributed by atoms with van der Waals surface area (Å²) >= 11 is 1.10. The zero-order chi connectivity index (χ0) is 14.8. The second-order valence-electron chi connectivity index (χ2n) is 5.84. The van der Waals surface area contributed by atoms with Crippen molar-refractivity contribution >= 4 is 17.2 Å². The highest BCUT2D eigenvalue weighted by molar-refractivity contribution is 7.07. The number of aromatic nitrogens is 1. The number of nitrogens with zero attached hydrogens (tertiary/aromatic N) is 1. The molecule has 1 amide bonds. The number of carbonyl (C=O) groups is 1. The lowest BCUT2D eigenvalue weighted by molar-refractivity contribution is -0.123. The minimum atomic E-state index is -0.860. The number of nitrogens with one attached hydrogen (secondary N) is 1. The standard InChI is InChI=1S/C14H22N2O3S/c1-10-8-20-13(18)16(10)7-12(17)15-9-14(2,19)11-5-3-4-6-11/h8,11,19H,3-7,9H2,1-2H3,(H,15,17)/t14-/m0/s1. The molecule has 0 spiro atoms. The van der Waals surface area contributed by atoms with Crippen LogP contribution in [0.2, 0.25) is 0 Å². The molecule has 0 bridgehead atoms. The maximum Gasteiger partial charge on any atom is 0.307 e. The van der Waals surface area contributed by atoms with Gasteiger partial charge in [-0.25, -0.2) is 0 Å². The van der Waals surface area contributed by atoms with Crippen molar-refractivity contribution in [3.8, 4) is 0 Å². The van der Waals surface area contributed by atoms with Crippen molar-refractivity contribution in [2.24, 2.45) is 5.92 Å². The highest BCUT2D eigenvalue weighted by Crippen LogP contribution is 2.33. The number of rotatable bonds is 5. The van der Waals surface area contributed by atoms with Gasteiger partial charge < -0.3 is 10.4 Å². The predicted molar refractivity (Wildman–Crippen MR) is 78.9 cm³/mol. The third-order valence-electron chi connectivity index (χ3n) is 4.16.